The van der Waals surface area contributed by atoms with E-state index in [9.17, 15) is 9.18 Å². The lowest BCUT2D eigenvalue weighted by atomic mass is 10.1. The molecule has 0 amide bonds. The van der Waals surface area contributed by atoms with Crippen LogP contribution >= 0.6 is 0 Å². The molecule has 3 rings (SSSR count). The van der Waals surface area contributed by atoms with E-state index in [1.54, 1.807) is 0 Å². The first-order chi connectivity index (χ1) is 11.1. The minimum atomic E-state index is -1.79. The summed E-state index contributed by atoms with van der Waals surface area (Å²) in [5.41, 5.74) is 1.03. The van der Waals surface area contributed by atoms with Crippen LogP contribution in [-0.2, 0) is 14.2 Å². The van der Waals surface area contributed by atoms with Crippen LogP contribution in [0.4, 0.5) is 4.39 Å². The van der Waals surface area contributed by atoms with Crippen LogP contribution in [0.2, 0.25) is 0 Å². The molecule has 0 saturated carbocycles. The fraction of sp³-hybridized carbons (Fsp3) is 0.353. The highest BCUT2D eigenvalue weighted by atomic mass is 19.1. The van der Waals surface area contributed by atoms with Gasteiger partial charge in [-0.05, 0) is 24.6 Å². The molecule has 2 heterocycles. The van der Waals surface area contributed by atoms with Crippen molar-refractivity contribution in [2.75, 3.05) is 20.3 Å². The van der Waals surface area contributed by atoms with Gasteiger partial charge in [0.15, 0.2) is 5.95 Å². The number of hydrogen-bond donors (Lipinski definition) is 0. The van der Waals surface area contributed by atoms with Gasteiger partial charge < -0.3 is 18.8 Å². The monoisotopic (exact) mass is 319 g/mol. The third-order valence-corrected chi connectivity index (χ3v) is 3.98. The number of benzene rings is 1. The summed E-state index contributed by atoms with van der Waals surface area (Å²) >= 11 is 0. The predicted molar refractivity (Wildman–Crippen MR) is 80.6 cm³/mol. The lowest BCUT2D eigenvalue weighted by Crippen LogP contribution is -2.43. The average molecular weight is 319 g/mol. The molecule has 1 fully saturated rings. The molecule has 23 heavy (non-hydrogen) atoms. The number of halogens is 1. The van der Waals surface area contributed by atoms with Crippen molar-refractivity contribution in [3.8, 4) is 0 Å². The second kappa shape index (κ2) is 6.23. The van der Waals surface area contributed by atoms with Crippen molar-refractivity contribution in [1.82, 2.24) is 4.57 Å². The van der Waals surface area contributed by atoms with Crippen molar-refractivity contribution in [1.29, 1.82) is 0 Å². The Balaban J connectivity index is 2.00. The van der Waals surface area contributed by atoms with Gasteiger partial charge in [-0.25, -0.2) is 0 Å². The SMILES string of the molecule is COC1(C(=O)c2ccc(F)n2[C@H](C)c2ccccc2)OCCO1. The van der Waals surface area contributed by atoms with Gasteiger partial charge in [-0.1, -0.05) is 30.3 Å². The zero-order chi connectivity index (χ0) is 16.4. The molecule has 1 aromatic heterocycles. The molecule has 0 N–H and O–H groups in total. The van der Waals surface area contributed by atoms with Gasteiger partial charge in [-0.15, -0.1) is 0 Å². The molecule has 0 spiro atoms. The fourth-order valence-corrected chi connectivity index (χ4v) is 2.77. The zero-order valence-electron chi connectivity index (χ0n) is 13.0. The molecule has 1 aliphatic heterocycles. The molecule has 0 radical (unpaired) electrons. The molecule has 1 aromatic carbocycles. The van der Waals surface area contributed by atoms with Crippen LogP contribution in [0.25, 0.3) is 0 Å². The lowest BCUT2D eigenvalue weighted by Gasteiger charge is -2.25. The van der Waals surface area contributed by atoms with E-state index in [1.165, 1.54) is 23.8 Å². The standard InChI is InChI=1S/C17H18FNO4/c1-12(13-6-4-3-5-7-13)19-14(8-9-15(19)18)16(20)17(21-2)22-10-11-23-17/h3-9,12H,10-11H2,1-2H3/t12-/m1/s1. The van der Waals surface area contributed by atoms with Gasteiger partial charge in [0.1, 0.15) is 0 Å². The van der Waals surface area contributed by atoms with Crippen molar-refractivity contribution in [2.45, 2.75) is 18.9 Å². The van der Waals surface area contributed by atoms with Gasteiger partial charge in [0.25, 0.3) is 5.78 Å². The quantitative estimate of drug-likeness (QED) is 0.795. The third kappa shape index (κ3) is 2.69. The number of carbonyl (C=O) groups is 1. The van der Waals surface area contributed by atoms with E-state index in [0.717, 1.165) is 5.56 Å². The molecule has 5 nitrogen and oxygen atoms in total. The van der Waals surface area contributed by atoms with Gasteiger partial charge in [-0.2, -0.15) is 4.39 Å². The number of nitrogens with zero attached hydrogens (tertiary/aromatic N) is 1. The fourth-order valence-electron chi connectivity index (χ4n) is 2.77. The predicted octanol–water partition coefficient (Wildman–Crippen LogP) is 2.77. The summed E-state index contributed by atoms with van der Waals surface area (Å²) < 4.78 is 31.4. The van der Waals surface area contributed by atoms with Crippen LogP contribution in [0.3, 0.4) is 0 Å². The maximum absolute atomic E-state index is 14.3. The molecule has 0 unspecified atom stereocenters. The van der Waals surface area contributed by atoms with Crippen LogP contribution in [-0.4, -0.2) is 36.6 Å². The zero-order valence-corrected chi connectivity index (χ0v) is 13.0. The summed E-state index contributed by atoms with van der Waals surface area (Å²) in [7, 11) is 1.33. The van der Waals surface area contributed by atoms with Crippen LogP contribution in [0, 0.1) is 5.95 Å². The highest BCUT2D eigenvalue weighted by Crippen LogP contribution is 2.29. The third-order valence-electron chi connectivity index (χ3n) is 3.98. The summed E-state index contributed by atoms with van der Waals surface area (Å²) in [6.45, 7) is 2.32. The highest BCUT2D eigenvalue weighted by Gasteiger charge is 2.47. The van der Waals surface area contributed by atoms with Gasteiger partial charge in [0.05, 0.1) is 24.9 Å². The Kier molecular flexibility index (Phi) is 4.30. The minimum absolute atomic E-state index is 0.141. The van der Waals surface area contributed by atoms with Crippen LogP contribution in [0.1, 0.15) is 29.0 Å². The molecular formula is C17H18FNO4. The van der Waals surface area contributed by atoms with E-state index < -0.39 is 17.7 Å². The van der Waals surface area contributed by atoms with E-state index >= 15 is 0 Å². The topological polar surface area (TPSA) is 49.7 Å². The Labute approximate surface area is 133 Å². The van der Waals surface area contributed by atoms with Gasteiger partial charge in [0.2, 0.25) is 0 Å². The first-order valence-electron chi connectivity index (χ1n) is 7.38. The Morgan fingerprint density at radius 2 is 1.87 bits per heavy atom. The van der Waals surface area contributed by atoms with E-state index in [0.29, 0.717) is 0 Å². The Morgan fingerprint density at radius 3 is 2.48 bits per heavy atom. The van der Waals surface area contributed by atoms with E-state index in [4.69, 9.17) is 14.2 Å². The van der Waals surface area contributed by atoms with Crippen molar-refractivity contribution >= 4 is 5.78 Å². The number of hydrogen-bond acceptors (Lipinski definition) is 4. The van der Waals surface area contributed by atoms with E-state index in [-0.39, 0.29) is 24.9 Å². The smallest absolute Gasteiger partial charge is 0.324 e. The van der Waals surface area contributed by atoms with Gasteiger partial charge >= 0.3 is 5.97 Å². The largest absolute Gasteiger partial charge is 0.353 e. The molecule has 1 saturated heterocycles. The van der Waals surface area contributed by atoms with Crippen molar-refractivity contribution in [2.24, 2.45) is 0 Å². The Hall–Kier alpha value is -2.02. The summed E-state index contributed by atoms with van der Waals surface area (Å²) in [4.78, 5) is 12.8. The number of ketones is 1. The van der Waals surface area contributed by atoms with Crippen LogP contribution in [0.5, 0.6) is 0 Å². The van der Waals surface area contributed by atoms with Gasteiger partial charge in [-0.3, -0.25) is 4.79 Å². The van der Waals surface area contributed by atoms with E-state index in [2.05, 4.69) is 0 Å². The molecule has 1 atom stereocenters. The molecule has 2 aromatic rings. The number of methoxy groups -OCH3 is 1. The number of aromatic nitrogens is 1. The van der Waals surface area contributed by atoms with Crippen LogP contribution < -0.4 is 0 Å². The molecule has 122 valence electrons. The minimum Gasteiger partial charge on any atom is -0.324 e. The molecule has 0 aliphatic carbocycles. The number of carbonyl (C=O) groups excluding carboxylic acids is 1. The van der Waals surface area contributed by atoms with Gasteiger partial charge in [0, 0.05) is 7.11 Å². The Morgan fingerprint density at radius 1 is 1.22 bits per heavy atom. The Bertz CT molecular complexity index is 692. The second-order valence-electron chi connectivity index (χ2n) is 5.28. The molecule has 0 bridgehead atoms. The summed E-state index contributed by atoms with van der Waals surface area (Å²) in [5, 5.41) is 0. The van der Waals surface area contributed by atoms with Crippen LogP contribution in [0.15, 0.2) is 42.5 Å². The maximum Gasteiger partial charge on any atom is 0.353 e. The maximum atomic E-state index is 14.3. The molecule has 1 aliphatic rings. The second-order valence-corrected chi connectivity index (χ2v) is 5.28. The lowest BCUT2D eigenvalue weighted by molar-refractivity contribution is -0.278. The number of Topliss-reactive ketones (excluding diaryl/α,β-unsaturated/α-hetero) is 1. The van der Waals surface area contributed by atoms with Crippen molar-refractivity contribution < 1.29 is 23.4 Å². The van der Waals surface area contributed by atoms with E-state index in [1.807, 2.05) is 37.3 Å². The molecular weight excluding hydrogens is 301 g/mol. The highest BCUT2D eigenvalue weighted by molar-refractivity contribution is 5.99. The number of rotatable bonds is 5. The number of ether oxygens (including phenoxy) is 3. The first-order valence-corrected chi connectivity index (χ1v) is 7.38. The normalized spacial score (nSPS) is 18.0. The first kappa shape index (κ1) is 15.9. The summed E-state index contributed by atoms with van der Waals surface area (Å²) in [6, 6.07) is 11.7. The summed E-state index contributed by atoms with van der Waals surface area (Å²) in [6.07, 6.45) is 0. The molecule has 6 heteroatoms. The van der Waals surface area contributed by atoms with Crippen molar-refractivity contribution in [3.05, 3.63) is 59.7 Å². The average Bonchev–Trinajstić information content (AvgIpc) is 3.22. The van der Waals surface area contributed by atoms with Crippen molar-refractivity contribution in [3.63, 3.8) is 0 Å². The summed E-state index contributed by atoms with van der Waals surface area (Å²) in [5.74, 6) is -2.85.